The molecule has 3 aromatic heterocycles. The summed E-state index contributed by atoms with van der Waals surface area (Å²) in [7, 11) is 2.12. The molecule has 3 aromatic carbocycles. The molecule has 6 aliphatic heterocycles. The molecule has 6 aliphatic rings. The Bertz CT molecular complexity index is 3110. The number of likely N-dealkylation sites (tertiary alicyclic amines) is 4. The number of piperidine rings is 5. The van der Waals surface area contributed by atoms with E-state index >= 15 is 13.2 Å². The number of halogens is 3. The van der Waals surface area contributed by atoms with E-state index in [2.05, 4.69) is 69.6 Å². The van der Waals surface area contributed by atoms with Crippen molar-refractivity contribution in [1.29, 1.82) is 0 Å². The van der Waals surface area contributed by atoms with Gasteiger partial charge in [-0.05, 0) is 185 Å². The van der Waals surface area contributed by atoms with Gasteiger partial charge in [-0.3, -0.25) is 34.4 Å². The molecule has 17 heteroatoms. The standard InChI is InChI=1S/C60H71F3N10O4/c1-68-47(34-50-48(15-23-64-57(50)68)44-9-13-53-45(32-44)35-65-73(53)56-4-2-3-31-77-56)37-69-24-18-41(19-25-69)40-5-7-43(8-6-40)59(76)72-27-16-39(17-28-72)36-70-26-22-54(60(62,63)38-70)71-29-20-42(21-30-71)49-11-10-46(33-51(49)61)66-52-12-14-55(74)67-58(52)75/h5-11,13,15,23,32-35,39,41-42,52,54,56,66H,2-4,12,14,16-22,24-31,36-38H2,1H3,(H,67,74,75). The van der Waals surface area contributed by atoms with Crippen molar-refractivity contribution in [1.82, 2.24) is 44.2 Å². The number of carbonyl (C=O) groups excluding carboxylic acids is 3. The van der Waals surface area contributed by atoms with Crippen LogP contribution in [-0.2, 0) is 27.9 Å². The second-order valence-corrected chi connectivity index (χ2v) is 22.9. The maximum absolute atomic E-state index is 15.9. The molecule has 6 saturated heterocycles. The number of aryl methyl sites for hydroxylation is 1. The van der Waals surface area contributed by atoms with Crippen molar-refractivity contribution < 1.29 is 32.3 Å². The van der Waals surface area contributed by atoms with Crippen LogP contribution in [0.1, 0.15) is 122 Å². The fourth-order valence-electron chi connectivity index (χ4n) is 13.6. The molecular formula is C60H71F3N10O4. The molecule has 3 atom stereocenters. The van der Waals surface area contributed by atoms with Crippen LogP contribution in [0.4, 0.5) is 18.9 Å². The maximum atomic E-state index is 15.9. The van der Waals surface area contributed by atoms with Crippen LogP contribution in [0.25, 0.3) is 33.1 Å². The summed E-state index contributed by atoms with van der Waals surface area (Å²) < 4.78 is 57.6. The van der Waals surface area contributed by atoms with Crippen molar-refractivity contribution in [3.05, 3.63) is 113 Å². The maximum Gasteiger partial charge on any atom is 0.275 e. The first-order chi connectivity index (χ1) is 37.4. The molecule has 6 aromatic rings. The molecule has 14 nitrogen and oxygen atoms in total. The Morgan fingerprint density at radius 3 is 2.34 bits per heavy atom. The third kappa shape index (κ3) is 10.9. The van der Waals surface area contributed by atoms with E-state index in [4.69, 9.17) is 14.8 Å². The molecule has 12 rings (SSSR count). The van der Waals surface area contributed by atoms with Gasteiger partial charge in [-0.2, -0.15) is 5.10 Å². The first-order valence-corrected chi connectivity index (χ1v) is 28.3. The van der Waals surface area contributed by atoms with E-state index in [-0.39, 0.29) is 48.7 Å². The van der Waals surface area contributed by atoms with Crippen LogP contribution in [0, 0.1) is 11.7 Å². The van der Waals surface area contributed by atoms with Gasteiger partial charge in [0, 0.05) is 86.7 Å². The largest absolute Gasteiger partial charge is 0.374 e. The lowest BCUT2D eigenvalue weighted by atomic mass is 9.86. The Morgan fingerprint density at radius 2 is 1.60 bits per heavy atom. The third-order valence-electron chi connectivity index (χ3n) is 18.0. The second kappa shape index (κ2) is 21.9. The highest BCUT2D eigenvalue weighted by Crippen LogP contribution is 2.39. The van der Waals surface area contributed by atoms with E-state index in [0.29, 0.717) is 87.7 Å². The molecule has 0 spiro atoms. The molecule has 2 N–H and O–H groups in total. The zero-order valence-electron chi connectivity index (χ0n) is 44.2. The minimum absolute atomic E-state index is 0.000573. The molecule has 6 fully saturated rings. The Labute approximate surface area is 448 Å². The van der Waals surface area contributed by atoms with Crippen LogP contribution in [0.15, 0.2) is 85.2 Å². The lowest BCUT2D eigenvalue weighted by Crippen LogP contribution is -2.60. The molecule has 77 heavy (non-hydrogen) atoms. The van der Waals surface area contributed by atoms with Crippen LogP contribution in [0.5, 0.6) is 0 Å². The fourth-order valence-corrected chi connectivity index (χ4v) is 13.6. The summed E-state index contributed by atoms with van der Waals surface area (Å²) in [5, 5.41) is 12.3. The van der Waals surface area contributed by atoms with E-state index < -0.39 is 23.9 Å². The quantitative estimate of drug-likeness (QED) is 0.114. The number of amides is 3. The number of aromatic nitrogens is 4. The zero-order valence-corrected chi connectivity index (χ0v) is 44.2. The first kappa shape index (κ1) is 51.6. The monoisotopic (exact) mass is 1050 g/mol. The van der Waals surface area contributed by atoms with Crippen molar-refractivity contribution in [3.63, 3.8) is 0 Å². The van der Waals surface area contributed by atoms with Gasteiger partial charge < -0.3 is 19.5 Å². The van der Waals surface area contributed by atoms with Crippen LogP contribution in [0.3, 0.4) is 0 Å². The summed E-state index contributed by atoms with van der Waals surface area (Å²) in [5.74, 6) is -3.32. The van der Waals surface area contributed by atoms with Gasteiger partial charge in [0.1, 0.15) is 17.5 Å². The second-order valence-electron chi connectivity index (χ2n) is 22.9. The van der Waals surface area contributed by atoms with Gasteiger partial charge in [-0.15, -0.1) is 0 Å². The summed E-state index contributed by atoms with van der Waals surface area (Å²) in [6.07, 6.45) is 12.9. The number of fused-ring (bicyclic) bond motifs is 2. The number of alkyl halides is 2. The normalized spacial score (nSPS) is 23.9. The number of hydrogen-bond donors (Lipinski definition) is 2. The summed E-state index contributed by atoms with van der Waals surface area (Å²) in [6.45, 7) is 6.75. The molecule has 0 radical (unpaired) electrons. The number of benzene rings is 3. The predicted molar refractivity (Wildman–Crippen MR) is 290 cm³/mol. The molecule has 406 valence electrons. The van der Waals surface area contributed by atoms with Crippen molar-refractivity contribution in [3.8, 4) is 11.1 Å². The lowest BCUT2D eigenvalue weighted by Gasteiger charge is -2.46. The number of nitrogens with one attached hydrogen (secondary N) is 2. The molecule has 9 heterocycles. The Morgan fingerprint density at radius 1 is 0.818 bits per heavy atom. The van der Waals surface area contributed by atoms with Crippen molar-refractivity contribution in [2.75, 3.05) is 70.8 Å². The summed E-state index contributed by atoms with van der Waals surface area (Å²) in [5.41, 5.74) is 8.65. The predicted octanol–water partition coefficient (Wildman–Crippen LogP) is 9.47. The number of hydrogen-bond acceptors (Lipinski definition) is 10. The first-order valence-electron chi connectivity index (χ1n) is 28.3. The third-order valence-corrected chi connectivity index (χ3v) is 18.0. The molecule has 0 bridgehead atoms. The minimum Gasteiger partial charge on any atom is -0.374 e. The molecule has 0 saturated carbocycles. The average molecular weight is 1050 g/mol. The summed E-state index contributed by atoms with van der Waals surface area (Å²) >= 11 is 0. The SMILES string of the molecule is Cn1c(CN2CCC(c3ccc(C(=O)N4CCC(CN5CCC(N6CCC(c7ccc(NC8CCC(=O)NC8=O)cc7F)CC6)C(F)(F)C5)CC4)cc3)CC2)cc2c(-c3ccc4c(cnn4C4CCCCO4)c3)ccnc21. The van der Waals surface area contributed by atoms with Gasteiger partial charge in [0.05, 0.1) is 24.3 Å². The Kier molecular flexibility index (Phi) is 14.7. The van der Waals surface area contributed by atoms with Gasteiger partial charge in [0.2, 0.25) is 11.8 Å². The minimum atomic E-state index is -2.87. The van der Waals surface area contributed by atoms with E-state index in [0.717, 1.165) is 98.7 Å². The zero-order chi connectivity index (χ0) is 52.8. The number of anilines is 1. The lowest BCUT2D eigenvalue weighted by molar-refractivity contribution is -0.134. The fraction of sp³-hybridized carbons (Fsp3) is 0.517. The number of carbonyl (C=O) groups is 3. The smallest absolute Gasteiger partial charge is 0.275 e. The van der Waals surface area contributed by atoms with Crippen LogP contribution in [0.2, 0.25) is 0 Å². The number of rotatable bonds is 12. The van der Waals surface area contributed by atoms with Crippen LogP contribution < -0.4 is 10.6 Å². The average Bonchev–Trinajstić information content (AvgIpc) is 4.07. The van der Waals surface area contributed by atoms with Crippen LogP contribution in [-0.4, -0.2) is 140 Å². The van der Waals surface area contributed by atoms with Gasteiger partial charge >= 0.3 is 0 Å². The highest BCUT2D eigenvalue weighted by atomic mass is 19.3. The van der Waals surface area contributed by atoms with Gasteiger partial charge in [0.15, 0.2) is 6.23 Å². The summed E-state index contributed by atoms with van der Waals surface area (Å²) in [6, 6.07) is 22.7. The highest BCUT2D eigenvalue weighted by molar-refractivity contribution is 6.01. The number of nitrogens with zero attached hydrogens (tertiary/aromatic N) is 8. The van der Waals surface area contributed by atoms with E-state index in [1.807, 2.05) is 43.9 Å². The highest BCUT2D eigenvalue weighted by Gasteiger charge is 2.48. The Balaban J connectivity index is 0.578. The number of imide groups is 1. The van der Waals surface area contributed by atoms with Crippen molar-refractivity contribution in [2.24, 2.45) is 13.0 Å². The van der Waals surface area contributed by atoms with Crippen molar-refractivity contribution in [2.45, 2.75) is 120 Å². The molecule has 0 aliphatic carbocycles. The molecular weight excluding hydrogens is 982 g/mol. The van der Waals surface area contributed by atoms with E-state index in [1.165, 1.54) is 22.9 Å². The topological polar surface area (TPSA) is 133 Å². The number of ether oxygens (including phenoxy) is 1. The van der Waals surface area contributed by atoms with Crippen molar-refractivity contribution >= 4 is 45.3 Å². The molecule has 3 unspecified atom stereocenters. The number of pyridine rings is 1. The summed E-state index contributed by atoms with van der Waals surface area (Å²) in [4.78, 5) is 50.5. The van der Waals surface area contributed by atoms with Gasteiger partial charge in [-0.25, -0.2) is 22.8 Å². The van der Waals surface area contributed by atoms with Gasteiger partial charge in [-0.1, -0.05) is 24.3 Å². The molecule has 3 amide bonds. The van der Waals surface area contributed by atoms with E-state index in [9.17, 15) is 14.4 Å². The van der Waals surface area contributed by atoms with Gasteiger partial charge in [0.25, 0.3) is 11.8 Å². The van der Waals surface area contributed by atoms with E-state index in [1.54, 1.807) is 12.1 Å². The van der Waals surface area contributed by atoms with Crippen LogP contribution >= 0.6 is 0 Å². The Hall–Kier alpha value is -6.14.